The fourth-order valence-corrected chi connectivity index (χ4v) is 2.14. The molecule has 0 atom stereocenters. The van der Waals surface area contributed by atoms with Gasteiger partial charge in [0.2, 0.25) is 0 Å². The minimum atomic E-state index is -0.333. The lowest BCUT2D eigenvalue weighted by molar-refractivity contribution is 0.0603. The van der Waals surface area contributed by atoms with Crippen LogP contribution in [0.4, 0.5) is 0 Å². The van der Waals surface area contributed by atoms with Crippen molar-refractivity contribution in [2.24, 2.45) is 0 Å². The van der Waals surface area contributed by atoms with Crippen LogP contribution in [0.15, 0.2) is 54.9 Å². The van der Waals surface area contributed by atoms with Crippen molar-refractivity contribution in [3.05, 3.63) is 60.4 Å². The second-order valence-corrected chi connectivity index (χ2v) is 4.10. The van der Waals surface area contributed by atoms with E-state index in [1.165, 1.54) is 7.11 Å². The molecule has 3 aromatic heterocycles. The largest absolute Gasteiger partial charge is 0.465 e. The molecule has 4 nitrogen and oxygen atoms in total. The SMILES string of the molecule is COC(=O)c1ccn2c(-c3ccccn3)cccc12. The molecule has 0 aliphatic heterocycles. The van der Waals surface area contributed by atoms with Crippen molar-refractivity contribution < 1.29 is 9.53 Å². The van der Waals surface area contributed by atoms with Gasteiger partial charge in [-0.25, -0.2) is 4.79 Å². The van der Waals surface area contributed by atoms with Crippen LogP contribution in [-0.2, 0) is 4.74 Å². The lowest BCUT2D eigenvalue weighted by Crippen LogP contribution is -2.01. The van der Waals surface area contributed by atoms with Gasteiger partial charge in [-0.05, 0) is 30.3 Å². The molecule has 3 aromatic rings. The molecule has 3 heterocycles. The van der Waals surface area contributed by atoms with Gasteiger partial charge in [-0.3, -0.25) is 4.98 Å². The maximum Gasteiger partial charge on any atom is 0.340 e. The van der Waals surface area contributed by atoms with E-state index >= 15 is 0 Å². The maximum absolute atomic E-state index is 11.7. The Balaban J connectivity index is 2.23. The number of rotatable bonds is 2. The van der Waals surface area contributed by atoms with Crippen LogP contribution in [0.25, 0.3) is 16.9 Å². The number of methoxy groups -OCH3 is 1. The third-order valence-corrected chi connectivity index (χ3v) is 3.03. The second-order valence-electron chi connectivity index (χ2n) is 4.10. The number of fused-ring (bicyclic) bond motifs is 1. The summed E-state index contributed by atoms with van der Waals surface area (Å²) in [5, 5.41) is 0. The van der Waals surface area contributed by atoms with Crippen LogP contribution < -0.4 is 0 Å². The van der Waals surface area contributed by atoms with Crippen molar-refractivity contribution in [2.75, 3.05) is 7.11 Å². The molecule has 0 aromatic carbocycles. The number of carbonyl (C=O) groups excluding carboxylic acids is 1. The zero-order chi connectivity index (χ0) is 13.2. The predicted octanol–water partition coefficient (Wildman–Crippen LogP) is 2.79. The third-order valence-electron chi connectivity index (χ3n) is 3.03. The Bertz CT molecular complexity index is 732. The van der Waals surface area contributed by atoms with E-state index in [2.05, 4.69) is 4.98 Å². The Hall–Kier alpha value is -2.62. The van der Waals surface area contributed by atoms with Gasteiger partial charge in [0.05, 0.1) is 29.6 Å². The highest BCUT2D eigenvalue weighted by molar-refractivity contribution is 5.97. The molecule has 19 heavy (non-hydrogen) atoms. The number of hydrogen-bond donors (Lipinski definition) is 0. The summed E-state index contributed by atoms with van der Waals surface area (Å²) in [6, 6.07) is 13.3. The lowest BCUT2D eigenvalue weighted by Gasteiger charge is -2.05. The van der Waals surface area contributed by atoms with Crippen LogP contribution in [0.5, 0.6) is 0 Å². The monoisotopic (exact) mass is 252 g/mol. The summed E-state index contributed by atoms with van der Waals surface area (Å²) >= 11 is 0. The number of aromatic nitrogens is 2. The van der Waals surface area contributed by atoms with Crippen LogP contribution in [0.2, 0.25) is 0 Å². The molecule has 3 rings (SSSR count). The summed E-state index contributed by atoms with van der Waals surface area (Å²) < 4.78 is 6.72. The Kier molecular flexibility index (Phi) is 2.76. The summed E-state index contributed by atoms with van der Waals surface area (Å²) in [6.45, 7) is 0. The van der Waals surface area contributed by atoms with Gasteiger partial charge in [-0.2, -0.15) is 0 Å². The van der Waals surface area contributed by atoms with E-state index in [1.54, 1.807) is 12.3 Å². The minimum Gasteiger partial charge on any atom is -0.465 e. The molecule has 0 spiro atoms. The van der Waals surface area contributed by atoms with Gasteiger partial charge < -0.3 is 9.14 Å². The Morgan fingerprint density at radius 3 is 2.79 bits per heavy atom. The highest BCUT2D eigenvalue weighted by atomic mass is 16.5. The van der Waals surface area contributed by atoms with Gasteiger partial charge in [0.25, 0.3) is 0 Å². The molecule has 0 aliphatic rings. The molecule has 0 saturated carbocycles. The average molecular weight is 252 g/mol. The number of carbonyl (C=O) groups is 1. The highest BCUT2D eigenvalue weighted by Crippen LogP contribution is 2.22. The minimum absolute atomic E-state index is 0.333. The Morgan fingerprint density at radius 1 is 1.16 bits per heavy atom. The van der Waals surface area contributed by atoms with E-state index in [1.807, 2.05) is 47.0 Å². The third kappa shape index (κ3) is 1.87. The van der Waals surface area contributed by atoms with Crippen LogP contribution in [0, 0.1) is 0 Å². The molecule has 4 heteroatoms. The fraction of sp³-hybridized carbons (Fsp3) is 0.0667. The van der Waals surface area contributed by atoms with Gasteiger partial charge in [0.1, 0.15) is 0 Å². The molecule has 0 N–H and O–H groups in total. The molecule has 0 bridgehead atoms. The first-order valence-electron chi connectivity index (χ1n) is 5.91. The molecule has 0 saturated heterocycles. The summed E-state index contributed by atoms with van der Waals surface area (Å²) in [7, 11) is 1.38. The summed E-state index contributed by atoms with van der Waals surface area (Å²) in [5.41, 5.74) is 3.17. The van der Waals surface area contributed by atoms with Gasteiger partial charge in [0.15, 0.2) is 0 Å². The van der Waals surface area contributed by atoms with Crippen LogP contribution in [0.3, 0.4) is 0 Å². The molecular formula is C15H12N2O2. The molecule has 0 amide bonds. The maximum atomic E-state index is 11.7. The van der Waals surface area contributed by atoms with E-state index in [0.717, 1.165) is 16.9 Å². The first-order chi connectivity index (χ1) is 9.31. The number of pyridine rings is 2. The van der Waals surface area contributed by atoms with E-state index in [9.17, 15) is 4.79 Å². The standard InChI is InChI=1S/C15H12N2O2/c1-19-15(18)11-8-10-17-13(11)6-4-7-14(17)12-5-2-3-9-16-12/h2-10H,1H3. The van der Waals surface area contributed by atoms with Gasteiger partial charge in [-0.15, -0.1) is 0 Å². The van der Waals surface area contributed by atoms with Gasteiger partial charge in [-0.1, -0.05) is 12.1 Å². The smallest absolute Gasteiger partial charge is 0.340 e. The predicted molar refractivity (Wildman–Crippen MR) is 72.0 cm³/mol. The van der Waals surface area contributed by atoms with E-state index < -0.39 is 0 Å². The van der Waals surface area contributed by atoms with E-state index in [-0.39, 0.29) is 5.97 Å². The summed E-state index contributed by atoms with van der Waals surface area (Å²) in [6.07, 6.45) is 3.60. The zero-order valence-corrected chi connectivity index (χ0v) is 10.4. The number of nitrogens with zero attached hydrogens (tertiary/aromatic N) is 2. The average Bonchev–Trinajstić information content (AvgIpc) is 2.91. The number of ether oxygens (including phenoxy) is 1. The van der Waals surface area contributed by atoms with Crippen molar-refractivity contribution in [1.29, 1.82) is 0 Å². The van der Waals surface area contributed by atoms with Gasteiger partial charge >= 0.3 is 5.97 Å². The highest BCUT2D eigenvalue weighted by Gasteiger charge is 2.13. The van der Waals surface area contributed by atoms with Crippen molar-refractivity contribution in [3.63, 3.8) is 0 Å². The molecule has 0 aliphatic carbocycles. The molecule has 94 valence electrons. The topological polar surface area (TPSA) is 43.6 Å². The first-order valence-corrected chi connectivity index (χ1v) is 5.91. The quantitative estimate of drug-likeness (QED) is 0.659. The number of esters is 1. The van der Waals surface area contributed by atoms with Crippen LogP contribution in [-0.4, -0.2) is 22.5 Å². The van der Waals surface area contributed by atoms with Crippen LogP contribution in [0.1, 0.15) is 10.4 Å². The summed E-state index contributed by atoms with van der Waals surface area (Å²) in [4.78, 5) is 16.0. The molecule has 0 radical (unpaired) electrons. The van der Waals surface area contributed by atoms with E-state index in [4.69, 9.17) is 4.74 Å². The van der Waals surface area contributed by atoms with E-state index in [0.29, 0.717) is 5.56 Å². The Labute approximate surface area is 110 Å². The Morgan fingerprint density at radius 2 is 2.05 bits per heavy atom. The second kappa shape index (κ2) is 4.57. The van der Waals surface area contributed by atoms with Crippen molar-refractivity contribution >= 4 is 11.5 Å². The zero-order valence-electron chi connectivity index (χ0n) is 10.4. The lowest BCUT2D eigenvalue weighted by atomic mass is 10.2. The normalized spacial score (nSPS) is 10.6. The van der Waals surface area contributed by atoms with Crippen molar-refractivity contribution in [2.45, 2.75) is 0 Å². The molecule has 0 fully saturated rings. The van der Waals surface area contributed by atoms with Crippen molar-refractivity contribution in [3.8, 4) is 11.4 Å². The molecular weight excluding hydrogens is 240 g/mol. The van der Waals surface area contributed by atoms with Crippen LogP contribution >= 0.6 is 0 Å². The summed E-state index contributed by atoms with van der Waals surface area (Å²) in [5.74, 6) is -0.333. The number of hydrogen-bond acceptors (Lipinski definition) is 3. The van der Waals surface area contributed by atoms with Gasteiger partial charge in [0, 0.05) is 12.4 Å². The molecule has 0 unspecified atom stereocenters. The fourth-order valence-electron chi connectivity index (χ4n) is 2.14. The first kappa shape index (κ1) is 11.5. The van der Waals surface area contributed by atoms with Crippen molar-refractivity contribution in [1.82, 2.24) is 9.38 Å².